The van der Waals surface area contributed by atoms with Gasteiger partial charge in [0.1, 0.15) is 5.76 Å². The minimum absolute atomic E-state index is 0.0298. The van der Waals surface area contributed by atoms with E-state index >= 15 is 0 Å². The van der Waals surface area contributed by atoms with E-state index in [-0.39, 0.29) is 5.91 Å². The number of nitrogens with zero attached hydrogens (tertiary/aromatic N) is 1. The SMILES string of the molecule is CN(CC(=O)NCc1ccco1)Cc1ccc(Cl)cc1. The Morgan fingerprint density at radius 2 is 2.05 bits per heavy atom. The number of hydrogen-bond acceptors (Lipinski definition) is 3. The summed E-state index contributed by atoms with van der Waals surface area (Å²) in [5.74, 6) is 0.719. The van der Waals surface area contributed by atoms with Crippen molar-refractivity contribution in [3.05, 3.63) is 59.0 Å². The molecule has 0 fully saturated rings. The van der Waals surface area contributed by atoms with E-state index in [0.29, 0.717) is 24.7 Å². The van der Waals surface area contributed by atoms with E-state index in [0.717, 1.165) is 11.3 Å². The Bertz CT molecular complexity index is 538. The molecule has 1 heterocycles. The third kappa shape index (κ3) is 4.72. The zero-order chi connectivity index (χ0) is 14.4. The summed E-state index contributed by atoms with van der Waals surface area (Å²) in [5, 5.41) is 3.53. The van der Waals surface area contributed by atoms with Gasteiger partial charge < -0.3 is 9.73 Å². The van der Waals surface area contributed by atoms with Crippen molar-refractivity contribution in [1.82, 2.24) is 10.2 Å². The first kappa shape index (κ1) is 14.6. The van der Waals surface area contributed by atoms with Gasteiger partial charge in [0.15, 0.2) is 0 Å². The Morgan fingerprint density at radius 1 is 1.30 bits per heavy atom. The fraction of sp³-hybridized carbons (Fsp3) is 0.267. The number of halogens is 1. The smallest absolute Gasteiger partial charge is 0.234 e. The summed E-state index contributed by atoms with van der Waals surface area (Å²) in [7, 11) is 1.90. The van der Waals surface area contributed by atoms with E-state index in [2.05, 4.69) is 5.32 Å². The van der Waals surface area contributed by atoms with Crippen LogP contribution in [-0.2, 0) is 17.9 Å². The minimum atomic E-state index is -0.0298. The number of carbonyl (C=O) groups is 1. The Labute approximate surface area is 123 Å². The number of amides is 1. The molecular weight excluding hydrogens is 276 g/mol. The predicted molar refractivity (Wildman–Crippen MR) is 78.3 cm³/mol. The van der Waals surface area contributed by atoms with Gasteiger partial charge in [0, 0.05) is 11.6 Å². The molecule has 2 aromatic rings. The molecule has 0 aliphatic rings. The van der Waals surface area contributed by atoms with E-state index in [9.17, 15) is 4.79 Å². The highest BCUT2D eigenvalue weighted by atomic mass is 35.5. The predicted octanol–water partition coefficient (Wildman–Crippen LogP) is 2.68. The van der Waals surface area contributed by atoms with E-state index < -0.39 is 0 Å². The molecule has 1 aromatic carbocycles. The molecule has 106 valence electrons. The average Bonchev–Trinajstić information content (AvgIpc) is 2.92. The first-order chi connectivity index (χ1) is 9.63. The largest absolute Gasteiger partial charge is 0.467 e. The van der Waals surface area contributed by atoms with Crippen LogP contribution >= 0.6 is 11.6 Å². The van der Waals surface area contributed by atoms with Crippen molar-refractivity contribution in [3.63, 3.8) is 0 Å². The average molecular weight is 293 g/mol. The van der Waals surface area contributed by atoms with Gasteiger partial charge in [0.2, 0.25) is 5.91 Å². The number of furan rings is 1. The fourth-order valence-electron chi connectivity index (χ4n) is 1.86. The van der Waals surface area contributed by atoms with Crippen molar-refractivity contribution in [2.24, 2.45) is 0 Å². The van der Waals surface area contributed by atoms with E-state index in [1.165, 1.54) is 0 Å². The van der Waals surface area contributed by atoms with Crippen LogP contribution in [0, 0.1) is 0 Å². The normalized spacial score (nSPS) is 10.8. The molecule has 4 nitrogen and oxygen atoms in total. The van der Waals surface area contributed by atoms with E-state index in [4.69, 9.17) is 16.0 Å². The van der Waals surface area contributed by atoms with Gasteiger partial charge in [-0.1, -0.05) is 23.7 Å². The number of hydrogen-bond donors (Lipinski definition) is 1. The highest BCUT2D eigenvalue weighted by Gasteiger charge is 2.07. The molecule has 0 bridgehead atoms. The van der Waals surface area contributed by atoms with Crippen molar-refractivity contribution in [2.75, 3.05) is 13.6 Å². The Hall–Kier alpha value is -1.78. The Kier molecular flexibility index (Phi) is 5.21. The second-order valence-electron chi connectivity index (χ2n) is 4.65. The van der Waals surface area contributed by atoms with Gasteiger partial charge in [-0.15, -0.1) is 0 Å². The van der Waals surface area contributed by atoms with E-state index in [1.807, 2.05) is 42.3 Å². The van der Waals surface area contributed by atoms with Crippen molar-refractivity contribution < 1.29 is 9.21 Å². The van der Waals surface area contributed by atoms with Crippen LogP contribution in [0.2, 0.25) is 5.02 Å². The zero-order valence-electron chi connectivity index (χ0n) is 11.3. The molecule has 0 radical (unpaired) electrons. The molecule has 0 atom stereocenters. The molecule has 1 aromatic heterocycles. The number of nitrogens with one attached hydrogen (secondary N) is 1. The van der Waals surface area contributed by atoms with Gasteiger partial charge in [-0.25, -0.2) is 0 Å². The lowest BCUT2D eigenvalue weighted by molar-refractivity contribution is -0.122. The molecule has 0 aliphatic heterocycles. The minimum Gasteiger partial charge on any atom is -0.467 e. The lowest BCUT2D eigenvalue weighted by atomic mass is 10.2. The molecule has 2 rings (SSSR count). The summed E-state index contributed by atoms with van der Waals surface area (Å²) in [6, 6.07) is 11.2. The maximum atomic E-state index is 11.8. The maximum Gasteiger partial charge on any atom is 0.234 e. The molecule has 0 aliphatic carbocycles. The molecule has 0 spiro atoms. The number of rotatable bonds is 6. The molecular formula is C15H17ClN2O2. The summed E-state index contributed by atoms with van der Waals surface area (Å²) >= 11 is 5.84. The first-order valence-corrected chi connectivity index (χ1v) is 6.73. The van der Waals surface area contributed by atoms with Crippen LogP contribution < -0.4 is 5.32 Å². The standard InChI is InChI=1S/C15H17ClN2O2/c1-18(10-12-4-6-13(16)7-5-12)11-15(19)17-9-14-3-2-8-20-14/h2-8H,9-11H2,1H3,(H,17,19). The molecule has 0 saturated carbocycles. The van der Waals surface area contributed by atoms with Gasteiger partial charge >= 0.3 is 0 Å². The third-order valence-electron chi connectivity index (χ3n) is 2.82. The Balaban J connectivity index is 1.74. The number of likely N-dealkylation sites (N-methyl/N-ethyl adjacent to an activating group) is 1. The quantitative estimate of drug-likeness (QED) is 0.890. The Morgan fingerprint density at radius 3 is 2.70 bits per heavy atom. The van der Waals surface area contributed by atoms with Gasteiger partial charge in [-0.2, -0.15) is 0 Å². The van der Waals surface area contributed by atoms with Gasteiger partial charge in [-0.3, -0.25) is 9.69 Å². The van der Waals surface area contributed by atoms with Crippen molar-refractivity contribution >= 4 is 17.5 Å². The van der Waals surface area contributed by atoms with Crippen LogP contribution in [0.4, 0.5) is 0 Å². The van der Waals surface area contributed by atoms with Crippen LogP contribution in [0.25, 0.3) is 0 Å². The molecule has 20 heavy (non-hydrogen) atoms. The van der Waals surface area contributed by atoms with Crippen LogP contribution in [0.1, 0.15) is 11.3 Å². The number of carbonyl (C=O) groups excluding carboxylic acids is 1. The third-order valence-corrected chi connectivity index (χ3v) is 3.07. The van der Waals surface area contributed by atoms with Crippen LogP contribution in [0.15, 0.2) is 47.1 Å². The zero-order valence-corrected chi connectivity index (χ0v) is 12.1. The van der Waals surface area contributed by atoms with Crippen molar-refractivity contribution in [3.8, 4) is 0 Å². The molecule has 0 unspecified atom stereocenters. The van der Waals surface area contributed by atoms with Gasteiger partial charge in [0.25, 0.3) is 0 Å². The summed E-state index contributed by atoms with van der Waals surface area (Å²) in [6.07, 6.45) is 1.59. The maximum absolute atomic E-state index is 11.8. The van der Waals surface area contributed by atoms with Crippen LogP contribution in [-0.4, -0.2) is 24.4 Å². The second-order valence-corrected chi connectivity index (χ2v) is 5.09. The van der Waals surface area contributed by atoms with E-state index in [1.54, 1.807) is 12.3 Å². The molecule has 1 N–H and O–H groups in total. The lowest BCUT2D eigenvalue weighted by Gasteiger charge is -2.16. The number of benzene rings is 1. The second kappa shape index (κ2) is 7.12. The monoisotopic (exact) mass is 292 g/mol. The van der Waals surface area contributed by atoms with Gasteiger partial charge in [-0.05, 0) is 36.9 Å². The highest BCUT2D eigenvalue weighted by Crippen LogP contribution is 2.10. The molecule has 0 saturated heterocycles. The summed E-state index contributed by atoms with van der Waals surface area (Å²) in [5.41, 5.74) is 1.12. The van der Waals surface area contributed by atoms with Crippen LogP contribution in [0.5, 0.6) is 0 Å². The molecule has 1 amide bonds. The topological polar surface area (TPSA) is 45.5 Å². The first-order valence-electron chi connectivity index (χ1n) is 6.35. The van der Waals surface area contributed by atoms with Crippen LogP contribution in [0.3, 0.4) is 0 Å². The summed E-state index contributed by atoms with van der Waals surface area (Å²) in [4.78, 5) is 13.7. The fourth-order valence-corrected chi connectivity index (χ4v) is 1.98. The van der Waals surface area contributed by atoms with Crippen molar-refractivity contribution in [2.45, 2.75) is 13.1 Å². The summed E-state index contributed by atoms with van der Waals surface area (Å²) in [6.45, 7) is 1.45. The highest BCUT2D eigenvalue weighted by molar-refractivity contribution is 6.30. The lowest BCUT2D eigenvalue weighted by Crippen LogP contribution is -2.34. The summed E-state index contributed by atoms with van der Waals surface area (Å²) < 4.78 is 5.15. The van der Waals surface area contributed by atoms with Crippen molar-refractivity contribution in [1.29, 1.82) is 0 Å². The molecule has 5 heteroatoms. The van der Waals surface area contributed by atoms with Gasteiger partial charge in [0.05, 0.1) is 19.4 Å².